The SMILES string of the molecule is CCCN1CC(NCC2CC2)CC(C(O)CC)C1. The molecule has 0 radical (unpaired) electrons. The van der Waals surface area contributed by atoms with E-state index in [2.05, 4.69) is 24.1 Å². The number of nitrogens with zero attached hydrogens (tertiary/aromatic N) is 1. The summed E-state index contributed by atoms with van der Waals surface area (Å²) in [6.07, 6.45) is 5.97. The fraction of sp³-hybridized carbons (Fsp3) is 1.00. The predicted octanol–water partition coefficient (Wildman–Crippen LogP) is 1.86. The zero-order valence-corrected chi connectivity index (χ0v) is 12.1. The Morgan fingerprint density at radius 3 is 2.67 bits per heavy atom. The van der Waals surface area contributed by atoms with Gasteiger partial charge in [-0.2, -0.15) is 0 Å². The minimum Gasteiger partial charge on any atom is -0.393 e. The first-order valence-corrected chi connectivity index (χ1v) is 7.86. The van der Waals surface area contributed by atoms with Crippen LogP contribution in [-0.2, 0) is 0 Å². The third-order valence-electron chi connectivity index (χ3n) is 4.45. The average Bonchev–Trinajstić information content (AvgIpc) is 3.19. The highest BCUT2D eigenvalue weighted by atomic mass is 16.3. The van der Waals surface area contributed by atoms with Gasteiger partial charge in [0.15, 0.2) is 0 Å². The van der Waals surface area contributed by atoms with Gasteiger partial charge in [0.1, 0.15) is 0 Å². The van der Waals surface area contributed by atoms with Crippen molar-refractivity contribution in [3.8, 4) is 0 Å². The fourth-order valence-corrected chi connectivity index (χ4v) is 3.15. The maximum Gasteiger partial charge on any atom is 0.0578 e. The van der Waals surface area contributed by atoms with Gasteiger partial charge in [-0.15, -0.1) is 0 Å². The lowest BCUT2D eigenvalue weighted by molar-refractivity contribution is 0.0355. The van der Waals surface area contributed by atoms with Gasteiger partial charge in [0, 0.05) is 19.1 Å². The third kappa shape index (κ3) is 4.22. The minimum atomic E-state index is -0.116. The van der Waals surface area contributed by atoms with E-state index in [1.54, 1.807) is 0 Å². The fourth-order valence-electron chi connectivity index (χ4n) is 3.15. The normalized spacial score (nSPS) is 31.5. The molecule has 1 heterocycles. The summed E-state index contributed by atoms with van der Waals surface area (Å²) in [5.74, 6) is 1.41. The number of hydrogen-bond acceptors (Lipinski definition) is 3. The highest BCUT2D eigenvalue weighted by molar-refractivity contribution is 4.88. The Kier molecular flexibility index (Phi) is 5.46. The molecule has 1 aliphatic carbocycles. The monoisotopic (exact) mass is 254 g/mol. The summed E-state index contributed by atoms with van der Waals surface area (Å²) in [5.41, 5.74) is 0. The van der Waals surface area contributed by atoms with Gasteiger partial charge in [-0.05, 0) is 57.0 Å². The smallest absolute Gasteiger partial charge is 0.0578 e. The van der Waals surface area contributed by atoms with E-state index in [1.165, 1.54) is 38.9 Å². The molecule has 0 aromatic heterocycles. The van der Waals surface area contributed by atoms with Crippen LogP contribution >= 0.6 is 0 Å². The Labute approximate surface area is 112 Å². The number of nitrogens with one attached hydrogen (secondary N) is 1. The van der Waals surface area contributed by atoms with Crippen LogP contribution < -0.4 is 5.32 Å². The summed E-state index contributed by atoms with van der Waals surface area (Å²) < 4.78 is 0. The van der Waals surface area contributed by atoms with Crippen LogP contribution in [0.25, 0.3) is 0 Å². The first-order valence-electron chi connectivity index (χ1n) is 7.86. The Morgan fingerprint density at radius 2 is 2.06 bits per heavy atom. The van der Waals surface area contributed by atoms with Gasteiger partial charge in [0.05, 0.1) is 6.10 Å². The van der Waals surface area contributed by atoms with Crippen molar-refractivity contribution in [2.75, 3.05) is 26.2 Å². The highest BCUT2D eigenvalue weighted by Crippen LogP contribution is 2.28. The average molecular weight is 254 g/mol. The zero-order valence-electron chi connectivity index (χ0n) is 12.1. The van der Waals surface area contributed by atoms with E-state index in [-0.39, 0.29) is 6.10 Å². The second kappa shape index (κ2) is 6.88. The molecule has 1 aliphatic heterocycles. The quantitative estimate of drug-likeness (QED) is 0.728. The van der Waals surface area contributed by atoms with Crippen LogP contribution in [0.2, 0.25) is 0 Å². The van der Waals surface area contributed by atoms with E-state index < -0.39 is 0 Å². The van der Waals surface area contributed by atoms with Gasteiger partial charge < -0.3 is 15.3 Å². The van der Waals surface area contributed by atoms with Gasteiger partial charge >= 0.3 is 0 Å². The summed E-state index contributed by atoms with van der Waals surface area (Å²) in [6, 6.07) is 0.595. The summed E-state index contributed by atoms with van der Waals surface area (Å²) >= 11 is 0. The van der Waals surface area contributed by atoms with Crippen LogP contribution in [-0.4, -0.2) is 48.3 Å². The summed E-state index contributed by atoms with van der Waals surface area (Å²) in [5, 5.41) is 13.8. The van der Waals surface area contributed by atoms with Gasteiger partial charge in [-0.3, -0.25) is 0 Å². The van der Waals surface area contributed by atoms with Crippen molar-refractivity contribution in [3.63, 3.8) is 0 Å². The number of likely N-dealkylation sites (tertiary alicyclic amines) is 1. The lowest BCUT2D eigenvalue weighted by atomic mass is 9.88. The van der Waals surface area contributed by atoms with E-state index in [9.17, 15) is 5.11 Å². The molecule has 1 saturated heterocycles. The van der Waals surface area contributed by atoms with Crippen LogP contribution in [0, 0.1) is 11.8 Å². The Bertz CT molecular complexity index is 243. The van der Waals surface area contributed by atoms with Crippen LogP contribution in [0.5, 0.6) is 0 Å². The van der Waals surface area contributed by atoms with Crippen LogP contribution in [0.4, 0.5) is 0 Å². The van der Waals surface area contributed by atoms with Crippen molar-refractivity contribution in [1.29, 1.82) is 0 Å². The zero-order chi connectivity index (χ0) is 13.0. The van der Waals surface area contributed by atoms with E-state index in [0.29, 0.717) is 12.0 Å². The molecule has 3 atom stereocenters. The molecule has 18 heavy (non-hydrogen) atoms. The van der Waals surface area contributed by atoms with E-state index in [0.717, 1.165) is 25.3 Å². The lowest BCUT2D eigenvalue weighted by Crippen LogP contribution is -2.52. The second-order valence-electron chi connectivity index (χ2n) is 6.28. The molecule has 3 unspecified atom stereocenters. The highest BCUT2D eigenvalue weighted by Gasteiger charge is 2.31. The molecule has 0 aromatic carbocycles. The number of hydrogen-bond donors (Lipinski definition) is 2. The van der Waals surface area contributed by atoms with Gasteiger partial charge in [-0.25, -0.2) is 0 Å². The lowest BCUT2D eigenvalue weighted by Gasteiger charge is -2.40. The van der Waals surface area contributed by atoms with Crippen molar-refractivity contribution < 1.29 is 5.11 Å². The molecule has 106 valence electrons. The molecule has 0 bridgehead atoms. The topological polar surface area (TPSA) is 35.5 Å². The van der Waals surface area contributed by atoms with Crippen molar-refractivity contribution >= 4 is 0 Å². The molecule has 1 saturated carbocycles. The molecular formula is C15H30N2O. The number of aliphatic hydroxyl groups is 1. The van der Waals surface area contributed by atoms with Gasteiger partial charge in [-0.1, -0.05) is 13.8 Å². The van der Waals surface area contributed by atoms with Crippen LogP contribution in [0.15, 0.2) is 0 Å². The molecule has 2 rings (SSSR count). The van der Waals surface area contributed by atoms with Gasteiger partial charge in [0.25, 0.3) is 0 Å². The molecule has 2 N–H and O–H groups in total. The number of piperidine rings is 1. The molecule has 0 amide bonds. The first kappa shape index (κ1) is 14.3. The molecule has 0 spiro atoms. The molecular weight excluding hydrogens is 224 g/mol. The Balaban J connectivity index is 1.83. The molecule has 0 aromatic rings. The standard InChI is InChI=1S/C15H30N2O/c1-3-7-17-10-13(15(18)4-2)8-14(11-17)16-9-12-5-6-12/h12-16,18H,3-11H2,1-2H3. The second-order valence-corrected chi connectivity index (χ2v) is 6.28. The van der Waals surface area contributed by atoms with E-state index >= 15 is 0 Å². The molecule has 2 aliphatic rings. The first-order chi connectivity index (χ1) is 8.72. The van der Waals surface area contributed by atoms with Crippen LogP contribution in [0.3, 0.4) is 0 Å². The molecule has 2 fully saturated rings. The maximum atomic E-state index is 10.1. The molecule has 3 nitrogen and oxygen atoms in total. The minimum absolute atomic E-state index is 0.116. The number of rotatable bonds is 7. The Hall–Kier alpha value is -0.120. The summed E-state index contributed by atoms with van der Waals surface area (Å²) in [6.45, 7) is 8.97. The summed E-state index contributed by atoms with van der Waals surface area (Å²) in [7, 11) is 0. The Morgan fingerprint density at radius 1 is 1.28 bits per heavy atom. The van der Waals surface area contributed by atoms with Crippen molar-refractivity contribution in [1.82, 2.24) is 10.2 Å². The van der Waals surface area contributed by atoms with Crippen molar-refractivity contribution in [2.45, 2.75) is 58.1 Å². The maximum absolute atomic E-state index is 10.1. The van der Waals surface area contributed by atoms with E-state index in [1.807, 2.05) is 0 Å². The molecule has 3 heteroatoms. The van der Waals surface area contributed by atoms with Crippen molar-refractivity contribution in [3.05, 3.63) is 0 Å². The van der Waals surface area contributed by atoms with E-state index in [4.69, 9.17) is 0 Å². The predicted molar refractivity (Wildman–Crippen MR) is 75.7 cm³/mol. The largest absolute Gasteiger partial charge is 0.393 e. The summed E-state index contributed by atoms with van der Waals surface area (Å²) in [4.78, 5) is 2.54. The van der Waals surface area contributed by atoms with Gasteiger partial charge in [0.2, 0.25) is 0 Å². The van der Waals surface area contributed by atoms with Crippen LogP contribution in [0.1, 0.15) is 46.0 Å². The number of aliphatic hydroxyl groups excluding tert-OH is 1. The third-order valence-corrected chi connectivity index (χ3v) is 4.45. The van der Waals surface area contributed by atoms with Crippen molar-refractivity contribution in [2.24, 2.45) is 11.8 Å².